The van der Waals surface area contributed by atoms with Crippen LogP contribution in [0, 0.1) is 18.3 Å². The number of halogens is 1. The minimum atomic E-state index is -0.114. The second-order valence-corrected chi connectivity index (χ2v) is 6.55. The van der Waals surface area contributed by atoms with E-state index in [0.29, 0.717) is 33.5 Å². The number of nitrogens with one attached hydrogen (secondary N) is 1. The van der Waals surface area contributed by atoms with Gasteiger partial charge in [-0.2, -0.15) is 5.26 Å². The van der Waals surface area contributed by atoms with E-state index in [4.69, 9.17) is 21.6 Å². The fourth-order valence-corrected chi connectivity index (χ4v) is 3.04. The van der Waals surface area contributed by atoms with Crippen LogP contribution in [-0.4, -0.2) is 18.8 Å². The van der Waals surface area contributed by atoms with Crippen LogP contribution in [0.3, 0.4) is 0 Å². The predicted molar refractivity (Wildman–Crippen MR) is 98.7 cm³/mol. The van der Waals surface area contributed by atoms with Crippen molar-refractivity contribution >= 4 is 35.0 Å². The zero-order valence-electron chi connectivity index (χ0n) is 13.4. The molecular formula is C18H17ClN2O2S. The lowest BCUT2D eigenvalue weighted by molar-refractivity contribution is -0.113. The van der Waals surface area contributed by atoms with Crippen molar-refractivity contribution in [3.05, 3.63) is 58.1 Å². The molecule has 0 unspecified atom stereocenters. The first-order valence-electron chi connectivity index (χ1n) is 7.24. The van der Waals surface area contributed by atoms with Crippen LogP contribution in [0.5, 0.6) is 5.75 Å². The van der Waals surface area contributed by atoms with Gasteiger partial charge in [-0.25, -0.2) is 0 Å². The number of anilines is 1. The smallest absolute Gasteiger partial charge is 0.234 e. The molecule has 2 aromatic rings. The third-order valence-corrected chi connectivity index (χ3v) is 4.72. The van der Waals surface area contributed by atoms with E-state index in [1.165, 1.54) is 18.9 Å². The van der Waals surface area contributed by atoms with Crippen LogP contribution >= 0.6 is 23.4 Å². The molecule has 0 saturated heterocycles. The van der Waals surface area contributed by atoms with E-state index >= 15 is 0 Å². The largest absolute Gasteiger partial charge is 0.495 e. The molecule has 1 amide bonds. The van der Waals surface area contributed by atoms with Gasteiger partial charge in [0.2, 0.25) is 5.91 Å². The van der Waals surface area contributed by atoms with E-state index in [1.54, 1.807) is 18.2 Å². The first kappa shape index (κ1) is 18.2. The monoisotopic (exact) mass is 360 g/mol. The van der Waals surface area contributed by atoms with E-state index in [9.17, 15) is 4.79 Å². The van der Waals surface area contributed by atoms with Gasteiger partial charge >= 0.3 is 0 Å². The van der Waals surface area contributed by atoms with Crippen molar-refractivity contribution in [1.29, 1.82) is 5.26 Å². The topological polar surface area (TPSA) is 62.1 Å². The third-order valence-electron chi connectivity index (χ3n) is 3.31. The first-order chi connectivity index (χ1) is 11.5. The Hall–Kier alpha value is -2.16. The molecule has 2 aromatic carbocycles. The second-order valence-electron chi connectivity index (χ2n) is 5.15. The van der Waals surface area contributed by atoms with E-state index in [-0.39, 0.29) is 5.91 Å². The van der Waals surface area contributed by atoms with Crippen molar-refractivity contribution in [3.63, 3.8) is 0 Å². The summed E-state index contributed by atoms with van der Waals surface area (Å²) in [6.45, 7) is 1.87. The minimum Gasteiger partial charge on any atom is -0.495 e. The van der Waals surface area contributed by atoms with Crippen LogP contribution in [0.4, 0.5) is 5.69 Å². The Labute approximate surface area is 150 Å². The Morgan fingerprint density at radius 1 is 1.38 bits per heavy atom. The summed E-state index contributed by atoms with van der Waals surface area (Å²) in [7, 11) is 1.54. The van der Waals surface area contributed by atoms with Gasteiger partial charge in [-0.05, 0) is 36.2 Å². The summed E-state index contributed by atoms with van der Waals surface area (Å²) in [5, 5.41) is 12.3. The molecule has 0 aliphatic heterocycles. The van der Waals surface area contributed by atoms with E-state index < -0.39 is 0 Å². The highest BCUT2D eigenvalue weighted by atomic mass is 35.5. The molecule has 124 valence electrons. The summed E-state index contributed by atoms with van der Waals surface area (Å²) in [5.41, 5.74) is 3.12. The molecule has 0 atom stereocenters. The zero-order valence-corrected chi connectivity index (χ0v) is 15.0. The third kappa shape index (κ3) is 4.92. The SMILES string of the molecule is COc1cc(Cl)c(C)cc1NC(=O)CSCc1cccc(C#N)c1. The minimum absolute atomic E-state index is 0.114. The Morgan fingerprint density at radius 2 is 2.17 bits per heavy atom. The summed E-state index contributed by atoms with van der Waals surface area (Å²) in [6.07, 6.45) is 0. The van der Waals surface area contributed by atoms with Gasteiger partial charge in [-0.15, -0.1) is 11.8 Å². The van der Waals surface area contributed by atoms with Gasteiger partial charge in [-0.1, -0.05) is 23.7 Å². The molecule has 0 aromatic heterocycles. The van der Waals surface area contributed by atoms with Crippen molar-refractivity contribution in [3.8, 4) is 11.8 Å². The van der Waals surface area contributed by atoms with Crippen LogP contribution < -0.4 is 10.1 Å². The Bertz CT molecular complexity index is 787. The number of amides is 1. The Balaban J connectivity index is 1.92. The lowest BCUT2D eigenvalue weighted by Crippen LogP contribution is -2.15. The zero-order chi connectivity index (χ0) is 17.5. The number of hydrogen-bond donors (Lipinski definition) is 1. The average Bonchev–Trinajstić information content (AvgIpc) is 2.58. The molecule has 0 aliphatic carbocycles. The predicted octanol–water partition coefficient (Wildman–Crippen LogP) is 4.40. The standard InChI is InChI=1S/C18H17ClN2O2S/c1-12-6-16(17(23-2)8-15(12)19)21-18(22)11-24-10-14-5-3-4-13(7-14)9-20/h3-8H,10-11H2,1-2H3,(H,21,22). The number of carbonyl (C=O) groups excluding carboxylic acids is 1. The van der Waals surface area contributed by atoms with Crippen LogP contribution in [-0.2, 0) is 10.5 Å². The van der Waals surface area contributed by atoms with Gasteiger partial charge in [0.05, 0.1) is 30.2 Å². The number of rotatable bonds is 6. The van der Waals surface area contributed by atoms with Crippen LogP contribution in [0.15, 0.2) is 36.4 Å². The highest BCUT2D eigenvalue weighted by Crippen LogP contribution is 2.31. The average molecular weight is 361 g/mol. The maximum absolute atomic E-state index is 12.1. The first-order valence-corrected chi connectivity index (χ1v) is 8.77. The highest BCUT2D eigenvalue weighted by Gasteiger charge is 2.10. The molecule has 0 aliphatic rings. The summed E-state index contributed by atoms with van der Waals surface area (Å²) >= 11 is 7.54. The molecule has 0 heterocycles. The van der Waals surface area contributed by atoms with Gasteiger partial charge < -0.3 is 10.1 Å². The maximum atomic E-state index is 12.1. The van der Waals surface area contributed by atoms with Gasteiger partial charge in [-0.3, -0.25) is 4.79 Å². The van der Waals surface area contributed by atoms with E-state index in [2.05, 4.69) is 11.4 Å². The second kappa shape index (κ2) is 8.62. The van der Waals surface area contributed by atoms with E-state index in [0.717, 1.165) is 11.1 Å². The molecule has 0 fully saturated rings. The number of carbonyl (C=O) groups is 1. The number of aryl methyl sites for hydroxylation is 1. The summed E-state index contributed by atoms with van der Waals surface area (Å²) in [4.78, 5) is 12.1. The van der Waals surface area contributed by atoms with Crippen LogP contribution in [0.2, 0.25) is 5.02 Å². The number of nitriles is 1. The molecular weight excluding hydrogens is 344 g/mol. The highest BCUT2D eigenvalue weighted by molar-refractivity contribution is 7.99. The molecule has 0 bridgehead atoms. The molecule has 0 saturated carbocycles. The maximum Gasteiger partial charge on any atom is 0.234 e. The fourth-order valence-electron chi connectivity index (χ4n) is 2.11. The van der Waals surface area contributed by atoms with Gasteiger partial charge in [0.15, 0.2) is 0 Å². The summed E-state index contributed by atoms with van der Waals surface area (Å²) in [6, 6.07) is 13.0. The van der Waals surface area contributed by atoms with Crippen LogP contribution in [0.1, 0.15) is 16.7 Å². The normalized spacial score (nSPS) is 10.1. The number of nitrogens with zero attached hydrogens (tertiary/aromatic N) is 1. The van der Waals surface area contributed by atoms with Crippen molar-refractivity contribution in [2.75, 3.05) is 18.2 Å². The summed E-state index contributed by atoms with van der Waals surface area (Å²) in [5.74, 6) is 1.39. The number of benzene rings is 2. The van der Waals surface area contributed by atoms with Crippen molar-refractivity contribution in [2.24, 2.45) is 0 Å². The number of thioether (sulfide) groups is 1. The molecule has 4 nitrogen and oxygen atoms in total. The molecule has 2 rings (SSSR count). The molecule has 0 radical (unpaired) electrons. The van der Waals surface area contributed by atoms with Crippen molar-refractivity contribution < 1.29 is 9.53 Å². The van der Waals surface area contributed by atoms with E-state index in [1.807, 2.05) is 25.1 Å². The number of hydrogen-bond acceptors (Lipinski definition) is 4. The lowest BCUT2D eigenvalue weighted by Gasteiger charge is -2.12. The molecule has 1 N–H and O–H groups in total. The number of ether oxygens (including phenoxy) is 1. The lowest BCUT2D eigenvalue weighted by atomic mass is 10.2. The van der Waals surface area contributed by atoms with Crippen molar-refractivity contribution in [2.45, 2.75) is 12.7 Å². The molecule has 24 heavy (non-hydrogen) atoms. The Kier molecular flexibility index (Phi) is 6.53. The van der Waals surface area contributed by atoms with Crippen molar-refractivity contribution in [1.82, 2.24) is 0 Å². The quantitative estimate of drug-likeness (QED) is 0.829. The van der Waals surface area contributed by atoms with Crippen LogP contribution in [0.25, 0.3) is 0 Å². The molecule has 6 heteroatoms. The van der Waals surface area contributed by atoms with Gasteiger partial charge in [0.1, 0.15) is 5.75 Å². The summed E-state index contributed by atoms with van der Waals surface area (Å²) < 4.78 is 5.24. The Morgan fingerprint density at radius 3 is 2.88 bits per heavy atom. The fraction of sp³-hybridized carbons (Fsp3) is 0.222. The van der Waals surface area contributed by atoms with Gasteiger partial charge in [0.25, 0.3) is 0 Å². The van der Waals surface area contributed by atoms with Gasteiger partial charge in [0, 0.05) is 16.8 Å². The molecule has 0 spiro atoms. The number of methoxy groups -OCH3 is 1.